The summed E-state index contributed by atoms with van der Waals surface area (Å²) in [5.74, 6) is 0. The van der Waals surface area contributed by atoms with Crippen LogP contribution in [0.4, 0.5) is 39.8 Å². The number of hydrogen-bond acceptors (Lipinski definition) is 4. The number of anilines is 7. The van der Waals surface area contributed by atoms with Gasteiger partial charge in [-0.3, -0.25) is 0 Å². The molecule has 0 unspecified atom stereocenters. The fourth-order valence-corrected chi connectivity index (χ4v) is 9.03. The number of rotatable bonds is 5. The second-order valence-corrected chi connectivity index (χ2v) is 14.0. The van der Waals surface area contributed by atoms with Gasteiger partial charge in [0.05, 0.1) is 33.5 Å². The van der Waals surface area contributed by atoms with Gasteiger partial charge in [0.25, 0.3) is 0 Å². The molecular formula is C40H34ClN3S. The number of halogens is 1. The van der Waals surface area contributed by atoms with E-state index in [0.717, 1.165) is 34.1 Å². The Morgan fingerprint density at radius 1 is 0.600 bits per heavy atom. The van der Waals surface area contributed by atoms with Gasteiger partial charge in [-0.1, -0.05) is 104 Å². The number of fused-ring (bicyclic) bond motifs is 4. The summed E-state index contributed by atoms with van der Waals surface area (Å²) in [5, 5.41) is 3.03. The van der Waals surface area contributed by atoms with Crippen LogP contribution in [0.5, 0.6) is 0 Å². The smallest absolute Gasteiger partial charge is 0.116 e. The minimum absolute atomic E-state index is 0.148. The van der Waals surface area contributed by atoms with Gasteiger partial charge >= 0.3 is 0 Å². The SMILES string of the molecule is CC1(C)c2ccccc2-c2scc(N(c3ccccc3)c3cccc(N4c5ccccc5N(c5ccccc5)C4(C)C)c3Cl)c21. The zero-order valence-electron chi connectivity index (χ0n) is 25.8. The molecule has 222 valence electrons. The van der Waals surface area contributed by atoms with Crippen molar-refractivity contribution < 1.29 is 0 Å². The Balaban J connectivity index is 1.32. The molecule has 3 nitrogen and oxygen atoms in total. The molecule has 5 aromatic carbocycles. The van der Waals surface area contributed by atoms with Crippen LogP contribution in [0.15, 0.2) is 133 Å². The fraction of sp³-hybridized carbons (Fsp3) is 0.150. The standard InChI is InChI=1S/C40H34ClN3S/c1-39(2)30-21-12-11-20-29(30)38-36(39)35(26-45-38)42(27-16-7-5-8-17-27)33-24-15-25-34(37(33)41)44-32-23-14-13-22-31(32)43(40(44,3)4)28-18-9-6-10-19-28/h5-26H,1-4H3. The molecular weight excluding hydrogens is 590 g/mol. The van der Waals surface area contributed by atoms with Gasteiger partial charge < -0.3 is 14.7 Å². The van der Waals surface area contributed by atoms with Crippen LogP contribution in [0.3, 0.4) is 0 Å². The maximum atomic E-state index is 7.65. The number of benzene rings is 5. The van der Waals surface area contributed by atoms with Crippen molar-refractivity contribution in [2.24, 2.45) is 0 Å². The van der Waals surface area contributed by atoms with E-state index in [1.165, 1.54) is 27.3 Å². The maximum absolute atomic E-state index is 7.65. The van der Waals surface area contributed by atoms with Crippen LogP contribution in [0.2, 0.25) is 5.02 Å². The third kappa shape index (κ3) is 4.09. The second-order valence-electron chi connectivity index (χ2n) is 12.8. The molecule has 0 spiro atoms. The fourth-order valence-electron chi connectivity index (χ4n) is 7.50. The summed E-state index contributed by atoms with van der Waals surface area (Å²) < 4.78 is 0. The van der Waals surface area contributed by atoms with E-state index in [-0.39, 0.29) is 5.41 Å². The molecule has 8 rings (SSSR count). The predicted octanol–water partition coefficient (Wildman–Crippen LogP) is 12.2. The first-order valence-electron chi connectivity index (χ1n) is 15.4. The van der Waals surface area contributed by atoms with E-state index >= 15 is 0 Å². The van der Waals surface area contributed by atoms with Gasteiger partial charge in [0.1, 0.15) is 5.66 Å². The Morgan fingerprint density at radius 3 is 1.93 bits per heavy atom. The molecule has 0 bridgehead atoms. The van der Waals surface area contributed by atoms with Crippen LogP contribution >= 0.6 is 22.9 Å². The summed E-state index contributed by atoms with van der Waals surface area (Å²) in [6.45, 7) is 9.22. The van der Waals surface area contributed by atoms with Crippen molar-refractivity contribution in [1.29, 1.82) is 0 Å². The first-order chi connectivity index (χ1) is 21.8. The molecule has 1 aromatic heterocycles. The first kappa shape index (κ1) is 28.0. The van der Waals surface area contributed by atoms with Crippen LogP contribution in [-0.4, -0.2) is 5.66 Å². The summed E-state index contributed by atoms with van der Waals surface area (Å²) in [5.41, 5.74) is 11.1. The minimum atomic E-state index is -0.432. The number of nitrogens with zero attached hydrogens (tertiary/aromatic N) is 3. The zero-order chi connectivity index (χ0) is 30.9. The van der Waals surface area contributed by atoms with Gasteiger partial charge in [0.2, 0.25) is 0 Å². The van der Waals surface area contributed by atoms with Crippen molar-refractivity contribution in [1.82, 2.24) is 0 Å². The van der Waals surface area contributed by atoms with Crippen molar-refractivity contribution in [3.8, 4) is 10.4 Å². The van der Waals surface area contributed by atoms with Crippen molar-refractivity contribution in [3.63, 3.8) is 0 Å². The number of para-hydroxylation sites is 4. The van der Waals surface area contributed by atoms with Gasteiger partial charge in [0.15, 0.2) is 0 Å². The largest absolute Gasteiger partial charge is 0.316 e. The van der Waals surface area contributed by atoms with Gasteiger partial charge in [0, 0.05) is 32.6 Å². The van der Waals surface area contributed by atoms with Crippen molar-refractivity contribution >= 4 is 62.7 Å². The molecule has 0 N–H and O–H groups in total. The molecule has 0 fully saturated rings. The predicted molar refractivity (Wildman–Crippen MR) is 193 cm³/mol. The van der Waals surface area contributed by atoms with Crippen LogP contribution in [0.25, 0.3) is 10.4 Å². The Bertz CT molecular complexity index is 2050. The summed E-state index contributed by atoms with van der Waals surface area (Å²) in [6.07, 6.45) is 0. The summed E-state index contributed by atoms with van der Waals surface area (Å²) >= 11 is 9.47. The highest BCUT2D eigenvalue weighted by Gasteiger charge is 2.45. The van der Waals surface area contributed by atoms with Crippen molar-refractivity contribution in [2.45, 2.75) is 38.8 Å². The van der Waals surface area contributed by atoms with Crippen molar-refractivity contribution in [3.05, 3.63) is 149 Å². The third-order valence-electron chi connectivity index (χ3n) is 9.41. The Hall–Kier alpha value is -4.51. The quantitative estimate of drug-likeness (QED) is 0.189. The highest BCUT2D eigenvalue weighted by atomic mass is 35.5. The van der Waals surface area contributed by atoms with Gasteiger partial charge in [-0.2, -0.15) is 0 Å². The lowest BCUT2D eigenvalue weighted by Crippen LogP contribution is -2.48. The van der Waals surface area contributed by atoms with E-state index in [1.54, 1.807) is 0 Å². The highest BCUT2D eigenvalue weighted by molar-refractivity contribution is 7.14. The molecule has 2 aliphatic rings. The Kier molecular flexibility index (Phi) is 6.39. The van der Waals surface area contributed by atoms with E-state index < -0.39 is 5.66 Å². The average Bonchev–Trinajstić information content (AvgIpc) is 3.66. The van der Waals surface area contributed by atoms with Gasteiger partial charge in [-0.25, -0.2) is 0 Å². The van der Waals surface area contributed by atoms with E-state index in [0.29, 0.717) is 5.02 Å². The summed E-state index contributed by atoms with van der Waals surface area (Å²) in [4.78, 5) is 8.50. The Morgan fingerprint density at radius 2 is 1.20 bits per heavy atom. The lowest BCUT2D eigenvalue weighted by atomic mass is 9.82. The molecule has 0 radical (unpaired) electrons. The molecule has 0 saturated heterocycles. The Labute approximate surface area is 274 Å². The second kappa shape index (κ2) is 10.3. The molecule has 1 aliphatic heterocycles. The van der Waals surface area contributed by atoms with Gasteiger partial charge in [-0.15, -0.1) is 11.3 Å². The maximum Gasteiger partial charge on any atom is 0.116 e. The first-order valence-corrected chi connectivity index (χ1v) is 16.7. The van der Waals surface area contributed by atoms with E-state index in [9.17, 15) is 0 Å². The van der Waals surface area contributed by atoms with Gasteiger partial charge in [-0.05, 0) is 73.5 Å². The molecule has 6 aromatic rings. The molecule has 5 heteroatoms. The summed E-state index contributed by atoms with van der Waals surface area (Å²) in [6, 6.07) is 45.1. The molecule has 1 aliphatic carbocycles. The normalized spacial score (nSPS) is 15.5. The van der Waals surface area contributed by atoms with E-state index in [2.05, 4.69) is 175 Å². The zero-order valence-corrected chi connectivity index (χ0v) is 27.4. The lowest BCUT2D eigenvalue weighted by molar-refractivity contribution is 0.540. The van der Waals surface area contributed by atoms with Crippen LogP contribution < -0.4 is 14.7 Å². The van der Waals surface area contributed by atoms with Crippen LogP contribution in [-0.2, 0) is 5.41 Å². The molecule has 2 heterocycles. The van der Waals surface area contributed by atoms with Crippen LogP contribution in [0.1, 0.15) is 38.8 Å². The van der Waals surface area contributed by atoms with E-state index in [4.69, 9.17) is 11.6 Å². The molecule has 45 heavy (non-hydrogen) atoms. The number of hydrogen-bond donors (Lipinski definition) is 0. The molecule has 0 amide bonds. The van der Waals surface area contributed by atoms with Crippen molar-refractivity contribution in [2.75, 3.05) is 14.7 Å². The van der Waals surface area contributed by atoms with Crippen LogP contribution in [0, 0.1) is 0 Å². The molecule has 0 saturated carbocycles. The third-order valence-corrected chi connectivity index (χ3v) is 10.8. The van der Waals surface area contributed by atoms with E-state index in [1.807, 2.05) is 11.3 Å². The lowest BCUT2D eigenvalue weighted by Gasteiger charge is -2.41. The minimum Gasteiger partial charge on any atom is -0.316 e. The molecule has 0 atom stereocenters. The summed E-state index contributed by atoms with van der Waals surface area (Å²) in [7, 11) is 0. The number of thiophene rings is 1. The average molecular weight is 624 g/mol. The topological polar surface area (TPSA) is 9.72 Å². The monoisotopic (exact) mass is 623 g/mol. The highest BCUT2D eigenvalue weighted by Crippen LogP contribution is 2.59.